The van der Waals surface area contributed by atoms with Crippen molar-refractivity contribution in [1.82, 2.24) is 5.32 Å². The van der Waals surface area contributed by atoms with Gasteiger partial charge in [0.2, 0.25) is 5.91 Å². The summed E-state index contributed by atoms with van der Waals surface area (Å²) < 4.78 is 5.06. The zero-order chi connectivity index (χ0) is 13.7. The number of carbonyl (C=O) groups is 1. The summed E-state index contributed by atoms with van der Waals surface area (Å²) in [5.41, 5.74) is 7.25. The number of rotatable bonds is 5. The van der Waals surface area contributed by atoms with E-state index in [1.807, 2.05) is 18.2 Å². The molecule has 0 aromatic heterocycles. The van der Waals surface area contributed by atoms with Crippen LogP contribution in [-0.2, 0) is 21.5 Å². The predicted octanol–water partition coefficient (Wildman–Crippen LogP) is 1.33. The van der Waals surface area contributed by atoms with Gasteiger partial charge >= 0.3 is 0 Å². The van der Waals surface area contributed by atoms with Crippen LogP contribution in [0.2, 0.25) is 0 Å². The van der Waals surface area contributed by atoms with Crippen LogP contribution in [0.4, 0.5) is 0 Å². The van der Waals surface area contributed by atoms with E-state index in [-0.39, 0.29) is 5.91 Å². The number of hydrogen-bond acceptors (Lipinski definition) is 3. The highest BCUT2D eigenvalue weighted by Gasteiger charge is 2.40. The van der Waals surface area contributed by atoms with Crippen LogP contribution in [0.15, 0.2) is 24.3 Å². The Labute approximate surface area is 114 Å². The predicted molar refractivity (Wildman–Crippen MR) is 74.7 cm³/mol. The van der Waals surface area contributed by atoms with Crippen molar-refractivity contribution in [3.05, 3.63) is 35.4 Å². The maximum Gasteiger partial charge on any atom is 0.242 e. The second-order valence-corrected chi connectivity index (χ2v) is 5.05. The van der Waals surface area contributed by atoms with E-state index in [4.69, 9.17) is 10.5 Å². The van der Waals surface area contributed by atoms with Crippen LogP contribution in [-0.4, -0.2) is 26.2 Å². The van der Waals surface area contributed by atoms with Crippen molar-refractivity contribution in [2.75, 3.05) is 20.3 Å². The molecule has 1 unspecified atom stereocenters. The molecule has 1 aromatic carbocycles. The molecule has 0 bridgehead atoms. The Morgan fingerprint density at radius 2 is 2.21 bits per heavy atom. The Kier molecular flexibility index (Phi) is 4.56. The van der Waals surface area contributed by atoms with Crippen molar-refractivity contribution in [2.24, 2.45) is 5.73 Å². The molecule has 2 rings (SSSR count). The van der Waals surface area contributed by atoms with Crippen LogP contribution in [0.1, 0.15) is 30.4 Å². The van der Waals surface area contributed by atoms with Gasteiger partial charge in [0.25, 0.3) is 0 Å². The van der Waals surface area contributed by atoms with Crippen molar-refractivity contribution in [3.63, 3.8) is 0 Å². The van der Waals surface area contributed by atoms with Crippen LogP contribution in [0, 0.1) is 0 Å². The SMILES string of the molecule is COCCNC1(C(N)=O)CCCCc2ccccc21. The number of ether oxygens (including phenoxy) is 1. The van der Waals surface area contributed by atoms with Crippen LogP contribution in [0.25, 0.3) is 0 Å². The van der Waals surface area contributed by atoms with Crippen molar-refractivity contribution in [1.29, 1.82) is 0 Å². The highest BCUT2D eigenvalue weighted by atomic mass is 16.5. The molecule has 0 radical (unpaired) electrons. The Morgan fingerprint density at radius 3 is 2.95 bits per heavy atom. The first-order chi connectivity index (χ1) is 9.20. The molecule has 1 atom stereocenters. The van der Waals surface area contributed by atoms with E-state index in [2.05, 4.69) is 11.4 Å². The summed E-state index contributed by atoms with van der Waals surface area (Å²) in [7, 11) is 1.65. The number of primary amides is 1. The number of carbonyl (C=O) groups excluding carboxylic acids is 1. The summed E-state index contributed by atoms with van der Waals surface area (Å²) in [5.74, 6) is -0.294. The third kappa shape index (κ3) is 2.80. The fourth-order valence-corrected chi connectivity index (χ4v) is 2.89. The first-order valence-corrected chi connectivity index (χ1v) is 6.83. The lowest BCUT2D eigenvalue weighted by molar-refractivity contribution is -0.125. The molecular formula is C15H22N2O2. The van der Waals surface area contributed by atoms with Gasteiger partial charge in [-0.15, -0.1) is 0 Å². The Bertz CT molecular complexity index is 448. The molecule has 3 N–H and O–H groups in total. The van der Waals surface area contributed by atoms with Gasteiger partial charge in [-0.1, -0.05) is 30.7 Å². The van der Waals surface area contributed by atoms with E-state index >= 15 is 0 Å². The fraction of sp³-hybridized carbons (Fsp3) is 0.533. The van der Waals surface area contributed by atoms with E-state index in [0.717, 1.165) is 31.2 Å². The molecule has 4 heteroatoms. The van der Waals surface area contributed by atoms with Crippen LogP contribution in [0.3, 0.4) is 0 Å². The maximum absolute atomic E-state index is 12.1. The normalized spacial score (nSPS) is 22.6. The van der Waals surface area contributed by atoms with Gasteiger partial charge in [-0.2, -0.15) is 0 Å². The number of aryl methyl sites for hydroxylation is 1. The number of amides is 1. The Morgan fingerprint density at radius 1 is 1.42 bits per heavy atom. The van der Waals surface area contributed by atoms with Gasteiger partial charge in [0, 0.05) is 13.7 Å². The Balaban J connectivity index is 2.38. The molecule has 104 valence electrons. The molecule has 0 aliphatic heterocycles. The highest BCUT2D eigenvalue weighted by Crippen LogP contribution is 2.34. The number of nitrogens with one attached hydrogen (secondary N) is 1. The van der Waals surface area contributed by atoms with E-state index in [1.54, 1.807) is 7.11 Å². The second kappa shape index (κ2) is 6.17. The lowest BCUT2D eigenvalue weighted by Crippen LogP contribution is -2.53. The Hall–Kier alpha value is -1.39. The summed E-state index contributed by atoms with van der Waals surface area (Å²) in [4.78, 5) is 12.1. The zero-order valence-electron chi connectivity index (χ0n) is 11.4. The minimum Gasteiger partial charge on any atom is -0.383 e. The summed E-state index contributed by atoms with van der Waals surface area (Å²) >= 11 is 0. The average molecular weight is 262 g/mol. The number of hydrogen-bond donors (Lipinski definition) is 2. The molecule has 0 fully saturated rings. The van der Waals surface area contributed by atoms with E-state index in [0.29, 0.717) is 13.2 Å². The molecule has 1 amide bonds. The van der Waals surface area contributed by atoms with E-state index in [9.17, 15) is 4.79 Å². The summed E-state index contributed by atoms with van der Waals surface area (Å²) in [5, 5.41) is 3.33. The smallest absolute Gasteiger partial charge is 0.242 e. The van der Waals surface area contributed by atoms with E-state index in [1.165, 1.54) is 5.56 Å². The third-order valence-electron chi connectivity index (χ3n) is 3.88. The van der Waals surface area contributed by atoms with Gasteiger partial charge in [0.1, 0.15) is 5.54 Å². The lowest BCUT2D eigenvalue weighted by Gasteiger charge is -2.32. The number of benzene rings is 1. The molecular weight excluding hydrogens is 240 g/mol. The number of fused-ring (bicyclic) bond motifs is 1. The van der Waals surface area contributed by atoms with Crippen molar-refractivity contribution in [2.45, 2.75) is 31.2 Å². The second-order valence-electron chi connectivity index (χ2n) is 5.05. The quantitative estimate of drug-likeness (QED) is 0.621. The largest absolute Gasteiger partial charge is 0.383 e. The van der Waals surface area contributed by atoms with Gasteiger partial charge in [0.15, 0.2) is 0 Å². The molecule has 0 saturated carbocycles. The third-order valence-corrected chi connectivity index (χ3v) is 3.88. The van der Waals surface area contributed by atoms with Gasteiger partial charge < -0.3 is 10.5 Å². The lowest BCUT2D eigenvalue weighted by atomic mass is 9.83. The van der Waals surface area contributed by atoms with Crippen LogP contribution >= 0.6 is 0 Å². The average Bonchev–Trinajstić information content (AvgIpc) is 2.60. The summed E-state index contributed by atoms with van der Waals surface area (Å²) in [6.45, 7) is 1.19. The fourth-order valence-electron chi connectivity index (χ4n) is 2.89. The minimum absolute atomic E-state index is 0.294. The van der Waals surface area contributed by atoms with E-state index < -0.39 is 5.54 Å². The van der Waals surface area contributed by atoms with Crippen LogP contribution in [0.5, 0.6) is 0 Å². The van der Waals surface area contributed by atoms with Gasteiger partial charge in [0.05, 0.1) is 6.61 Å². The topological polar surface area (TPSA) is 64.3 Å². The standard InChI is InChI=1S/C15H22N2O2/c1-19-11-10-17-15(14(16)18)9-5-4-7-12-6-2-3-8-13(12)15/h2-3,6,8,17H,4-5,7,9-11H2,1H3,(H2,16,18). The monoisotopic (exact) mass is 262 g/mol. The molecule has 0 saturated heterocycles. The minimum atomic E-state index is -0.744. The first-order valence-electron chi connectivity index (χ1n) is 6.83. The molecule has 1 aliphatic rings. The van der Waals surface area contributed by atoms with Gasteiger partial charge in [-0.3, -0.25) is 10.1 Å². The zero-order valence-corrected chi connectivity index (χ0v) is 11.4. The van der Waals surface area contributed by atoms with Crippen molar-refractivity contribution < 1.29 is 9.53 Å². The van der Waals surface area contributed by atoms with Gasteiger partial charge in [-0.25, -0.2) is 0 Å². The highest BCUT2D eigenvalue weighted by molar-refractivity contribution is 5.86. The molecule has 0 heterocycles. The molecule has 19 heavy (non-hydrogen) atoms. The first kappa shape index (κ1) is 14.0. The summed E-state index contributed by atoms with van der Waals surface area (Å²) in [6, 6.07) is 8.10. The molecule has 0 spiro atoms. The van der Waals surface area contributed by atoms with Crippen LogP contribution < -0.4 is 11.1 Å². The molecule has 1 aromatic rings. The maximum atomic E-state index is 12.1. The number of methoxy groups -OCH3 is 1. The van der Waals surface area contributed by atoms with Crippen molar-refractivity contribution in [3.8, 4) is 0 Å². The van der Waals surface area contributed by atoms with Crippen molar-refractivity contribution >= 4 is 5.91 Å². The molecule has 4 nitrogen and oxygen atoms in total. The van der Waals surface area contributed by atoms with Gasteiger partial charge in [-0.05, 0) is 30.4 Å². The molecule has 1 aliphatic carbocycles. The number of nitrogens with two attached hydrogens (primary N) is 1. The summed E-state index contributed by atoms with van der Waals surface area (Å²) in [6.07, 6.45) is 3.86.